The van der Waals surface area contributed by atoms with E-state index in [1.807, 2.05) is 37.2 Å². The lowest BCUT2D eigenvalue weighted by Gasteiger charge is -2.10. The first-order valence-electron chi connectivity index (χ1n) is 3.35. The molecule has 0 aliphatic heterocycles. The van der Waals surface area contributed by atoms with Gasteiger partial charge in [0, 0.05) is 14.1 Å². The number of terminal acetylenes is 1. The molecule has 0 aromatic carbocycles. The molecule has 56 valence electrons. The molecule has 0 saturated carbocycles. The first-order valence-corrected chi connectivity index (χ1v) is 3.35. The van der Waals surface area contributed by atoms with Crippen molar-refractivity contribution in [1.82, 2.24) is 4.98 Å². The predicted molar refractivity (Wildman–Crippen MR) is 46.5 cm³/mol. The summed E-state index contributed by atoms with van der Waals surface area (Å²) in [6.45, 7) is 0. The summed E-state index contributed by atoms with van der Waals surface area (Å²) in [5, 5.41) is 0. The third-order valence-corrected chi connectivity index (χ3v) is 1.34. The molecule has 0 aliphatic rings. The van der Waals surface area contributed by atoms with Gasteiger partial charge in [0.25, 0.3) is 0 Å². The van der Waals surface area contributed by atoms with Crippen molar-refractivity contribution in [3.63, 3.8) is 0 Å². The van der Waals surface area contributed by atoms with Crippen LogP contribution < -0.4 is 4.90 Å². The Kier molecular flexibility index (Phi) is 2.12. The van der Waals surface area contributed by atoms with Gasteiger partial charge in [0.2, 0.25) is 0 Å². The fourth-order valence-corrected chi connectivity index (χ4v) is 0.753. The molecule has 0 amide bonds. The first kappa shape index (κ1) is 7.62. The lowest BCUT2D eigenvalue weighted by atomic mass is 10.3. The highest BCUT2D eigenvalue weighted by atomic mass is 15.1. The maximum atomic E-state index is 5.19. The van der Waals surface area contributed by atoms with Crippen LogP contribution >= 0.6 is 0 Å². The van der Waals surface area contributed by atoms with E-state index in [4.69, 9.17) is 6.42 Å². The molecule has 1 aromatic rings. The number of rotatable bonds is 1. The summed E-state index contributed by atoms with van der Waals surface area (Å²) in [6, 6.07) is 5.63. The van der Waals surface area contributed by atoms with Crippen LogP contribution in [0.25, 0.3) is 0 Å². The van der Waals surface area contributed by atoms with Crippen LogP contribution in [0.15, 0.2) is 18.2 Å². The molecule has 2 heteroatoms. The van der Waals surface area contributed by atoms with E-state index in [0.29, 0.717) is 5.69 Å². The fourth-order valence-electron chi connectivity index (χ4n) is 0.753. The van der Waals surface area contributed by atoms with Crippen molar-refractivity contribution in [2.24, 2.45) is 0 Å². The van der Waals surface area contributed by atoms with Crippen molar-refractivity contribution in [2.75, 3.05) is 19.0 Å². The zero-order valence-electron chi connectivity index (χ0n) is 6.70. The zero-order chi connectivity index (χ0) is 8.27. The fraction of sp³-hybridized carbons (Fsp3) is 0.222. The highest BCUT2D eigenvalue weighted by Gasteiger charge is 1.95. The third-order valence-electron chi connectivity index (χ3n) is 1.34. The van der Waals surface area contributed by atoms with E-state index in [-0.39, 0.29) is 0 Å². The van der Waals surface area contributed by atoms with E-state index in [2.05, 4.69) is 10.9 Å². The van der Waals surface area contributed by atoms with Gasteiger partial charge in [-0.15, -0.1) is 6.42 Å². The van der Waals surface area contributed by atoms with Gasteiger partial charge in [-0.05, 0) is 12.1 Å². The second kappa shape index (κ2) is 3.07. The summed E-state index contributed by atoms with van der Waals surface area (Å²) in [6.07, 6.45) is 5.19. The average Bonchev–Trinajstić information content (AvgIpc) is 2.05. The molecule has 0 spiro atoms. The van der Waals surface area contributed by atoms with E-state index in [1.54, 1.807) is 0 Å². The van der Waals surface area contributed by atoms with E-state index in [1.165, 1.54) is 0 Å². The van der Waals surface area contributed by atoms with Crippen molar-refractivity contribution in [3.05, 3.63) is 23.9 Å². The standard InChI is InChI=1S/C9H10N2/c1-4-8-6-5-7-9(10-8)11(2)3/h1,5-7H,2-3H3. The Labute approximate surface area is 66.9 Å². The summed E-state index contributed by atoms with van der Waals surface area (Å²) in [7, 11) is 3.87. The molecule has 0 radical (unpaired) electrons. The number of hydrogen-bond donors (Lipinski definition) is 0. The monoisotopic (exact) mass is 146 g/mol. The van der Waals surface area contributed by atoms with Crippen molar-refractivity contribution >= 4 is 5.82 Å². The highest BCUT2D eigenvalue weighted by molar-refractivity contribution is 5.40. The van der Waals surface area contributed by atoms with E-state index >= 15 is 0 Å². The smallest absolute Gasteiger partial charge is 0.129 e. The lowest BCUT2D eigenvalue weighted by molar-refractivity contribution is 1.06. The Balaban J connectivity index is 3.03. The molecule has 0 atom stereocenters. The van der Waals surface area contributed by atoms with Gasteiger partial charge in [0.05, 0.1) is 0 Å². The van der Waals surface area contributed by atoms with Crippen LogP contribution in [-0.4, -0.2) is 19.1 Å². The number of nitrogens with zero attached hydrogens (tertiary/aromatic N) is 2. The largest absolute Gasteiger partial charge is 0.363 e. The predicted octanol–water partition coefficient (Wildman–Crippen LogP) is 1.13. The Morgan fingerprint density at radius 3 is 2.73 bits per heavy atom. The van der Waals surface area contributed by atoms with Crippen molar-refractivity contribution in [1.29, 1.82) is 0 Å². The molecule has 0 N–H and O–H groups in total. The SMILES string of the molecule is C#Cc1cccc(N(C)C)n1. The van der Waals surface area contributed by atoms with Crippen molar-refractivity contribution in [3.8, 4) is 12.3 Å². The van der Waals surface area contributed by atoms with Crippen LogP contribution in [0, 0.1) is 12.3 Å². The molecule has 0 bridgehead atoms. The number of anilines is 1. The molecule has 0 aliphatic carbocycles. The second-order valence-corrected chi connectivity index (χ2v) is 2.42. The number of pyridine rings is 1. The molecule has 1 heterocycles. The Morgan fingerprint density at radius 1 is 1.45 bits per heavy atom. The first-order chi connectivity index (χ1) is 5.24. The van der Waals surface area contributed by atoms with Crippen LogP contribution in [-0.2, 0) is 0 Å². The van der Waals surface area contributed by atoms with E-state index in [9.17, 15) is 0 Å². The van der Waals surface area contributed by atoms with Gasteiger partial charge < -0.3 is 4.90 Å². The molecule has 1 aromatic heterocycles. The van der Waals surface area contributed by atoms with Gasteiger partial charge in [0.1, 0.15) is 11.5 Å². The molecule has 0 saturated heterocycles. The topological polar surface area (TPSA) is 16.1 Å². The minimum atomic E-state index is 0.677. The summed E-state index contributed by atoms with van der Waals surface area (Å²) < 4.78 is 0. The van der Waals surface area contributed by atoms with E-state index < -0.39 is 0 Å². The summed E-state index contributed by atoms with van der Waals surface area (Å²) in [4.78, 5) is 6.10. The molecule has 0 unspecified atom stereocenters. The molecule has 0 fully saturated rings. The Morgan fingerprint density at radius 2 is 2.18 bits per heavy atom. The molecule has 11 heavy (non-hydrogen) atoms. The number of aromatic nitrogens is 1. The molecular formula is C9H10N2. The average molecular weight is 146 g/mol. The quantitative estimate of drug-likeness (QED) is 0.552. The summed E-state index contributed by atoms with van der Waals surface area (Å²) in [5.41, 5.74) is 0.677. The second-order valence-electron chi connectivity index (χ2n) is 2.42. The van der Waals surface area contributed by atoms with Crippen LogP contribution in [0.2, 0.25) is 0 Å². The summed E-state index contributed by atoms with van der Waals surface area (Å²) >= 11 is 0. The van der Waals surface area contributed by atoms with Crippen LogP contribution in [0.3, 0.4) is 0 Å². The van der Waals surface area contributed by atoms with Crippen molar-refractivity contribution < 1.29 is 0 Å². The van der Waals surface area contributed by atoms with Crippen LogP contribution in [0.5, 0.6) is 0 Å². The van der Waals surface area contributed by atoms with Gasteiger partial charge in [-0.3, -0.25) is 0 Å². The van der Waals surface area contributed by atoms with Gasteiger partial charge in [-0.2, -0.15) is 0 Å². The third kappa shape index (κ3) is 1.71. The minimum Gasteiger partial charge on any atom is -0.363 e. The van der Waals surface area contributed by atoms with E-state index in [0.717, 1.165) is 5.82 Å². The van der Waals surface area contributed by atoms with Gasteiger partial charge in [-0.25, -0.2) is 4.98 Å². The Bertz CT molecular complexity index is 284. The maximum absolute atomic E-state index is 5.19. The lowest BCUT2D eigenvalue weighted by Crippen LogP contribution is -2.10. The van der Waals surface area contributed by atoms with Crippen LogP contribution in [0.1, 0.15) is 5.69 Å². The summed E-state index contributed by atoms with van der Waals surface area (Å²) in [5.74, 6) is 3.37. The molecular weight excluding hydrogens is 136 g/mol. The maximum Gasteiger partial charge on any atom is 0.129 e. The highest BCUT2D eigenvalue weighted by Crippen LogP contribution is 2.06. The number of hydrogen-bond acceptors (Lipinski definition) is 2. The molecule has 2 nitrogen and oxygen atoms in total. The van der Waals surface area contributed by atoms with Crippen molar-refractivity contribution in [2.45, 2.75) is 0 Å². The van der Waals surface area contributed by atoms with Gasteiger partial charge in [0.15, 0.2) is 0 Å². The Hall–Kier alpha value is -1.49. The minimum absolute atomic E-state index is 0.677. The van der Waals surface area contributed by atoms with Gasteiger partial charge >= 0.3 is 0 Å². The molecule has 1 rings (SSSR count). The normalized spacial score (nSPS) is 8.82. The van der Waals surface area contributed by atoms with Gasteiger partial charge in [-0.1, -0.05) is 12.0 Å². The van der Waals surface area contributed by atoms with Crippen LogP contribution in [0.4, 0.5) is 5.82 Å². The zero-order valence-corrected chi connectivity index (χ0v) is 6.70.